The molecule has 3 rings (SSSR count). The van der Waals surface area contributed by atoms with Gasteiger partial charge < -0.3 is 14.8 Å². The molecule has 0 aliphatic carbocycles. The second kappa shape index (κ2) is 5.45. The van der Waals surface area contributed by atoms with Crippen molar-refractivity contribution in [2.24, 2.45) is 0 Å². The first-order chi connectivity index (χ1) is 9.38. The second-order valence-electron chi connectivity index (χ2n) is 4.73. The van der Waals surface area contributed by atoms with E-state index in [1.165, 1.54) is 0 Å². The van der Waals surface area contributed by atoms with Crippen LogP contribution >= 0.6 is 0 Å². The lowest BCUT2D eigenvalue weighted by Crippen LogP contribution is -2.34. The first-order valence-electron chi connectivity index (χ1n) is 6.67. The Hall–Kier alpha value is -1.81. The Balaban J connectivity index is 1.94. The molecule has 1 fully saturated rings. The van der Waals surface area contributed by atoms with Crippen LogP contribution < -0.4 is 14.8 Å². The van der Waals surface area contributed by atoms with Crippen LogP contribution in [0.3, 0.4) is 0 Å². The summed E-state index contributed by atoms with van der Waals surface area (Å²) in [4.78, 5) is 4.39. The summed E-state index contributed by atoms with van der Waals surface area (Å²) in [6, 6.07) is 7.85. The molecule has 0 saturated carbocycles. The van der Waals surface area contributed by atoms with E-state index in [2.05, 4.69) is 10.3 Å². The third-order valence-corrected chi connectivity index (χ3v) is 3.49. The van der Waals surface area contributed by atoms with Gasteiger partial charge in [-0.3, -0.25) is 4.98 Å². The summed E-state index contributed by atoms with van der Waals surface area (Å²) >= 11 is 0. The van der Waals surface area contributed by atoms with E-state index in [1.807, 2.05) is 24.3 Å². The average Bonchev–Trinajstić information content (AvgIpc) is 2.48. The highest BCUT2D eigenvalue weighted by atomic mass is 16.5. The number of piperidine rings is 1. The largest absolute Gasteiger partial charge is 0.494 e. The van der Waals surface area contributed by atoms with Gasteiger partial charge in [-0.05, 0) is 44.1 Å². The van der Waals surface area contributed by atoms with Gasteiger partial charge in [-0.25, -0.2) is 0 Å². The molecule has 0 amide bonds. The third-order valence-electron chi connectivity index (χ3n) is 3.49. The summed E-state index contributed by atoms with van der Waals surface area (Å²) in [7, 11) is 1.66. The topological polar surface area (TPSA) is 43.4 Å². The summed E-state index contributed by atoms with van der Waals surface area (Å²) < 4.78 is 11.5. The molecule has 0 radical (unpaired) electrons. The van der Waals surface area contributed by atoms with Crippen molar-refractivity contribution in [2.75, 3.05) is 20.2 Å². The lowest BCUT2D eigenvalue weighted by molar-refractivity contribution is 0.164. The van der Waals surface area contributed by atoms with Crippen LogP contribution in [0.5, 0.6) is 11.5 Å². The Morgan fingerprint density at radius 3 is 2.79 bits per heavy atom. The molecule has 0 bridgehead atoms. The fraction of sp³-hybridized carbons (Fsp3) is 0.400. The van der Waals surface area contributed by atoms with E-state index in [-0.39, 0.29) is 6.10 Å². The molecule has 2 heterocycles. The van der Waals surface area contributed by atoms with Crippen LogP contribution in [0.2, 0.25) is 0 Å². The Bertz CT molecular complexity index is 565. The number of rotatable bonds is 3. The number of ether oxygens (including phenoxy) is 2. The van der Waals surface area contributed by atoms with Crippen LogP contribution in [-0.4, -0.2) is 31.3 Å². The van der Waals surface area contributed by atoms with Crippen LogP contribution in [-0.2, 0) is 0 Å². The number of nitrogens with zero attached hydrogens (tertiary/aromatic N) is 1. The van der Waals surface area contributed by atoms with Crippen molar-refractivity contribution in [3.05, 3.63) is 30.5 Å². The van der Waals surface area contributed by atoms with Crippen molar-refractivity contribution in [2.45, 2.75) is 18.9 Å². The molecule has 4 heteroatoms. The van der Waals surface area contributed by atoms with Crippen molar-refractivity contribution >= 4 is 10.9 Å². The van der Waals surface area contributed by atoms with Crippen molar-refractivity contribution in [1.29, 1.82) is 0 Å². The molecule has 1 aromatic carbocycles. The number of pyridine rings is 1. The minimum Gasteiger partial charge on any atom is -0.494 e. The molecular weight excluding hydrogens is 240 g/mol. The molecule has 2 aromatic rings. The molecule has 1 aromatic heterocycles. The van der Waals surface area contributed by atoms with Crippen LogP contribution in [0.1, 0.15) is 12.8 Å². The maximum absolute atomic E-state index is 6.13. The fourth-order valence-corrected chi connectivity index (χ4v) is 2.48. The van der Waals surface area contributed by atoms with Crippen LogP contribution in [0.15, 0.2) is 30.5 Å². The summed E-state index contributed by atoms with van der Waals surface area (Å²) in [6.45, 7) is 2.05. The molecule has 4 nitrogen and oxygen atoms in total. The van der Waals surface area contributed by atoms with Gasteiger partial charge in [0.05, 0.1) is 7.11 Å². The quantitative estimate of drug-likeness (QED) is 0.918. The van der Waals surface area contributed by atoms with Gasteiger partial charge in [-0.1, -0.05) is 6.07 Å². The van der Waals surface area contributed by atoms with Gasteiger partial charge in [-0.2, -0.15) is 0 Å². The van der Waals surface area contributed by atoms with Crippen molar-refractivity contribution in [3.63, 3.8) is 0 Å². The Morgan fingerprint density at radius 2 is 2.00 bits per heavy atom. The van der Waals surface area contributed by atoms with Crippen LogP contribution in [0.25, 0.3) is 10.9 Å². The predicted octanol–water partition coefficient (Wildman–Crippen LogP) is 2.37. The zero-order chi connectivity index (χ0) is 13.1. The van der Waals surface area contributed by atoms with Crippen molar-refractivity contribution in [3.8, 4) is 11.5 Å². The molecule has 0 atom stereocenters. The summed E-state index contributed by atoms with van der Waals surface area (Å²) in [5.41, 5.74) is 0.858. The number of fused-ring (bicyclic) bond motifs is 1. The van der Waals surface area contributed by atoms with E-state index in [9.17, 15) is 0 Å². The molecular formula is C15H18N2O2. The predicted molar refractivity (Wildman–Crippen MR) is 74.8 cm³/mol. The molecule has 1 aliphatic heterocycles. The van der Waals surface area contributed by atoms with E-state index in [4.69, 9.17) is 9.47 Å². The minimum atomic E-state index is 0.290. The zero-order valence-corrected chi connectivity index (χ0v) is 11.1. The van der Waals surface area contributed by atoms with Gasteiger partial charge in [0.25, 0.3) is 0 Å². The summed E-state index contributed by atoms with van der Waals surface area (Å²) in [5.74, 6) is 1.68. The van der Waals surface area contributed by atoms with Gasteiger partial charge in [0, 0.05) is 11.6 Å². The van der Waals surface area contributed by atoms with Gasteiger partial charge >= 0.3 is 0 Å². The lowest BCUT2D eigenvalue weighted by atomic mass is 10.1. The highest BCUT2D eigenvalue weighted by Gasteiger charge is 2.16. The molecule has 100 valence electrons. The minimum absolute atomic E-state index is 0.290. The highest BCUT2D eigenvalue weighted by Crippen LogP contribution is 2.31. The fourth-order valence-electron chi connectivity index (χ4n) is 2.48. The van der Waals surface area contributed by atoms with E-state index in [0.29, 0.717) is 0 Å². The first kappa shape index (κ1) is 12.2. The molecule has 19 heavy (non-hydrogen) atoms. The average molecular weight is 258 g/mol. The number of hydrogen-bond donors (Lipinski definition) is 1. The number of benzene rings is 1. The molecule has 0 unspecified atom stereocenters. The van der Waals surface area contributed by atoms with E-state index < -0.39 is 0 Å². The maximum Gasteiger partial charge on any atom is 0.145 e. The lowest BCUT2D eigenvalue weighted by Gasteiger charge is -2.24. The van der Waals surface area contributed by atoms with E-state index in [1.54, 1.807) is 13.3 Å². The smallest absolute Gasteiger partial charge is 0.145 e. The molecule has 1 saturated heterocycles. The number of hydrogen-bond acceptors (Lipinski definition) is 4. The van der Waals surface area contributed by atoms with Gasteiger partial charge in [-0.15, -0.1) is 0 Å². The first-order valence-corrected chi connectivity index (χ1v) is 6.67. The summed E-state index contributed by atoms with van der Waals surface area (Å²) in [5, 5.41) is 4.36. The van der Waals surface area contributed by atoms with Crippen molar-refractivity contribution < 1.29 is 9.47 Å². The molecule has 0 spiro atoms. The van der Waals surface area contributed by atoms with Crippen LogP contribution in [0.4, 0.5) is 0 Å². The molecule has 1 N–H and O–H groups in total. The van der Waals surface area contributed by atoms with Crippen LogP contribution in [0, 0.1) is 0 Å². The third kappa shape index (κ3) is 2.49. The van der Waals surface area contributed by atoms with Crippen molar-refractivity contribution in [1.82, 2.24) is 10.3 Å². The Kier molecular flexibility index (Phi) is 3.51. The van der Waals surface area contributed by atoms with E-state index in [0.717, 1.165) is 48.3 Å². The second-order valence-corrected chi connectivity index (χ2v) is 4.73. The number of methoxy groups -OCH3 is 1. The normalized spacial score (nSPS) is 16.5. The highest BCUT2D eigenvalue weighted by molar-refractivity contribution is 5.89. The van der Waals surface area contributed by atoms with Gasteiger partial charge in [0.1, 0.15) is 23.1 Å². The SMILES string of the molecule is COc1cccc2c(OC3CCNCC3)ccnc12. The van der Waals surface area contributed by atoms with Gasteiger partial charge in [0.2, 0.25) is 0 Å². The Labute approximate surface area is 112 Å². The maximum atomic E-state index is 6.13. The van der Waals surface area contributed by atoms with E-state index >= 15 is 0 Å². The standard InChI is InChI=1S/C15H18N2O2/c1-18-14-4-2-3-12-13(7-10-17-15(12)14)19-11-5-8-16-9-6-11/h2-4,7,10-11,16H,5-6,8-9H2,1H3. The number of aromatic nitrogens is 1. The monoisotopic (exact) mass is 258 g/mol. The Morgan fingerprint density at radius 1 is 1.16 bits per heavy atom. The van der Waals surface area contributed by atoms with Gasteiger partial charge in [0.15, 0.2) is 0 Å². The molecule has 1 aliphatic rings. The number of para-hydroxylation sites is 1. The summed E-state index contributed by atoms with van der Waals surface area (Å²) in [6.07, 6.45) is 4.17. The number of nitrogens with one attached hydrogen (secondary N) is 1. The zero-order valence-electron chi connectivity index (χ0n) is 11.1.